The van der Waals surface area contributed by atoms with Crippen LogP contribution in [0.15, 0.2) is 27.5 Å². The second-order valence-electron chi connectivity index (χ2n) is 3.33. The second kappa shape index (κ2) is 3.71. The Hall–Kier alpha value is -1.69. The van der Waals surface area contributed by atoms with Crippen LogP contribution in [-0.2, 0) is 7.05 Å². The second-order valence-corrected chi connectivity index (χ2v) is 4.24. The smallest absolute Gasteiger partial charge is 0.299 e. The van der Waals surface area contributed by atoms with Crippen LogP contribution in [0.5, 0.6) is 0 Å². The quantitative estimate of drug-likeness (QED) is 0.715. The van der Waals surface area contributed by atoms with Gasteiger partial charge in [-0.15, -0.1) is 4.68 Å². The van der Waals surface area contributed by atoms with Gasteiger partial charge in [-0.3, -0.25) is 4.79 Å². The summed E-state index contributed by atoms with van der Waals surface area (Å²) in [6.07, 6.45) is 0. The molecule has 0 aliphatic rings. The van der Waals surface area contributed by atoms with Gasteiger partial charge in [-0.1, -0.05) is 15.9 Å². The van der Waals surface area contributed by atoms with E-state index in [1.807, 2.05) is 0 Å². The molecule has 2 aromatic rings. The Morgan fingerprint density at radius 1 is 1.50 bits per heavy atom. The molecule has 16 heavy (non-hydrogen) atoms. The number of carboxylic acids is 1. The van der Waals surface area contributed by atoms with Gasteiger partial charge >= 0.3 is 0 Å². The highest BCUT2D eigenvalue weighted by molar-refractivity contribution is 9.10. The van der Waals surface area contributed by atoms with Crippen molar-refractivity contribution in [1.29, 1.82) is 0 Å². The van der Waals surface area contributed by atoms with Crippen molar-refractivity contribution in [1.82, 2.24) is 5.10 Å². The van der Waals surface area contributed by atoms with Crippen molar-refractivity contribution in [2.24, 2.45) is 7.05 Å². The molecule has 1 aromatic heterocycles. The summed E-state index contributed by atoms with van der Waals surface area (Å²) in [5.41, 5.74) is -0.385. The number of halogens is 1. The molecule has 1 heterocycles. The van der Waals surface area contributed by atoms with Gasteiger partial charge < -0.3 is 9.90 Å². The van der Waals surface area contributed by atoms with E-state index in [9.17, 15) is 14.7 Å². The Kier molecular flexibility index (Phi) is 2.51. The number of fused-ring (bicyclic) bond motifs is 1. The van der Waals surface area contributed by atoms with E-state index in [2.05, 4.69) is 21.0 Å². The first-order valence-corrected chi connectivity index (χ1v) is 5.23. The average molecular weight is 283 g/mol. The molecule has 0 unspecified atom stereocenters. The van der Waals surface area contributed by atoms with Gasteiger partial charge in [0.05, 0.1) is 5.39 Å². The summed E-state index contributed by atoms with van der Waals surface area (Å²) in [5.74, 6) is -1.49. The number of nitrogens with one attached hydrogen (secondary N) is 1. The fourth-order valence-electron chi connectivity index (χ4n) is 1.55. The van der Waals surface area contributed by atoms with Gasteiger partial charge in [-0.05, 0) is 18.2 Å². The molecule has 0 aliphatic carbocycles. The van der Waals surface area contributed by atoms with Gasteiger partial charge in [0.1, 0.15) is 11.5 Å². The summed E-state index contributed by atoms with van der Waals surface area (Å²) < 4.78 is 1.86. The van der Waals surface area contributed by atoms with Crippen LogP contribution in [0, 0.1) is 0 Å². The third kappa shape index (κ3) is 1.61. The Bertz CT molecular complexity index is 648. The first-order chi connectivity index (χ1) is 7.50. The molecule has 1 aromatic carbocycles. The molecule has 0 bridgehead atoms. The maximum Gasteiger partial charge on any atom is 0.299 e. The van der Waals surface area contributed by atoms with Gasteiger partial charge in [-0.25, -0.2) is 0 Å². The number of nitrogens with zero attached hydrogens (tertiary/aromatic N) is 1. The predicted molar refractivity (Wildman–Crippen MR) is 57.8 cm³/mol. The maximum absolute atomic E-state index is 11.9. The van der Waals surface area contributed by atoms with Crippen LogP contribution in [0.4, 0.5) is 0 Å². The fraction of sp³-hybridized carbons (Fsp3) is 0.100. The summed E-state index contributed by atoms with van der Waals surface area (Å²) >= 11 is 3.22. The zero-order valence-electron chi connectivity index (χ0n) is 8.28. The highest BCUT2D eigenvalue weighted by atomic mass is 79.9. The summed E-state index contributed by atoms with van der Waals surface area (Å²) in [6, 6.07) is 5.03. The van der Waals surface area contributed by atoms with Crippen LogP contribution in [-0.4, -0.2) is 11.1 Å². The Labute approximate surface area is 98.4 Å². The molecule has 0 fully saturated rings. The number of benzene rings is 1. The monoisotopic (exact) mass is 282 g/mol. The number of aromatic carboxylic acids is 1. The molecule has 82 valence electrons. The van der Waals surface area contributed by atoms with Gasteiger partial charge in [0.25, 0.3) is 11.1 Å². The van der Waals surface area contributed by atoms with E-state index in [-0.39, 0.29) is 0 Å². The molecule has 0 radical (unpaired) electrons. The Morgan fingerprint density at radius 2 is 2.19 bits per heavy atom. The van der Waals surface area contributed by atoms with E-state index < -0.39 is 17.1 Å². The molecule has 0 saturated heterocycles. The molecule has 0 aliphatic heterocycles. The fourth-order valence-corrected chi connectivity index (χ4v) is 1.91. The number of rotatable bonds is 1. The number of carbonyl (C=O) groups excluding carboxylic acids is 1. The maximum atomic E-state index is 11.9. The van der Waals surface area contributed by atoms with E-state index in [0.29, 0.717) is 15.4 Å². The normalized spacial score (nSPS) is 10.6. The summed E-state index contributed by atoms with van der Waals surface area (Å²) in [4.78, 5) is 22.7. The van der Waals surface area contributed by atoms with Crippen molar-refractivity contribution in [3.05, 3.63) is 38.6 Å². The number of carbonyl (C=O) groups is 1. The average Bonchev–Trinajstić information content (AvgIpc) is 2.19. The predicted octanol–water partition coefficient (Wildman–Crippen LogP) is -0.521. The van der Waals surface area contributed by atoms with Gasteiger partial charge in [-0.2, -0.15) is 5.10 Å². The first kappa shape index (κ1) is 10.8. The number of carboxylic acid groups (broad SMARTS) is 1. The van der Waals surface area contributed by atoms with Crippen LogP contribution >= 0.6 is 15.9 Å². The summed E-state index contributed by atoms with van der Waals surface area (Å²) in [6.45, 7) is 0. The Morgan fingerprint density at radius 3 is 2.81 bits per heavy atom. The number of hydrogen-bond acceptors (Lipinski definition) is 3. The van der Waals surface area contributed by atoms with Crippen LogP contribution in [0.2, 0.25) is 0 Å². The number of aromatic amines is 1. The lowest BCUT2D eigenvalue weighted by molar-refractivity contribution is -0.732. The van der Waals surface area contributed by atoms with E-state index in [1.54, 1.807) is 18.2 Å². The Balaban J connectivity index is 2.96. The van der Waals surface area contributed by atoms with Crippen LogP contribution in [0.1, 0.15) is 10.5 Å². The highest BCUT2D eigenvalue weighted by Crippen LogP contribution is 2.14. The molecule has 0 spiro atoms. The van der Waals surface area contributed by atoms with Gasteiger partial charge in [0.15, 0.2) is 7.05 Å². The van der Waals surface area contributed by atoms with Crippen LogP contribution < -0.4 is 15.2 Å². The molecule has 2 rings (SSSR count). The third-order valence-corrected chi connectivity index (χ3v) is 2.75. The molecular weight excluding hydrogens is 276 g/mol. The number of hydrogen-bond donors (Lipinski definition) is 1. The lowest BCUT2D eigenvalue weighted by Crippen LogP contribution is -2.49. The van der Waals surface area contributed by atoms with Crippen molar-refractivity contribution in [2.75, 3.05) is 0 Å². The SMILES string of the molecule is C[n+]1[nH]c2ccc(Br)cc2c(=O)c1C(=O)[O-]. The van der Waals surface area contributed by atoms with Crippen LogP contribution in [0.3, 0.4) is 0 Å². The minimum Gasteiger partial charge on any atom is -0.539 e. The van der Waals surface area contributed by atoms with E-state index in [4.69, 9.17) is 0 Å². The van der Waals surface area contributed by atoms with Crippen molar-refractivity contribution in [3.63, 3.8) is 0 Å². The summed E-state index contributed by atoms with van der Waals surface area (Å²) in [5, 5.41) is 13.9. The topological polar surface area (TPSA) is 76.9 Å². The molecule has 0 amide bonds. The number of aromatic nitrogens is 2. The molecule has 0 atom stereocenters. The number of aryl methyl sites for hydroxylation is 1. The van der Waals surface area contributed by atoms with Crippen molar-refractivity contribution < 1.29 is 14.6 Å². The lowest BCUT2D eigenvalue weighted by Gasteiger charge is -2.02. The molecule has 0 saturated carbocycles. The highest BCUT2D eigenvalue weighted by Gasteiger charge is 2.17. The van der Waals surface area contributed by atoms with Crippen molar-refractivity contribution in [3.8, 4) is 0 Å². The van der Waals surface area contributed by atoms with Crippen molar-refractivity contribution >= 4 is 32.8 Å². The standard InChI is InChI=1S/C10H7BrN2O3/c1-13-8(10(15)16)9(14)6-4-5(11)2-3-7(6)12-13/h2-4H,1H3,(H-,12,14,15,16). The molecule has 5 nitrogen and oxygen atoms in total. The van der Waals surface area contributed by atoms with Gasteiger partial charge in [0, 0.05) is 4.47 Å². The van der Waals surface area contributed by atoms with Crippen LogP contribution in [0.25, 0.3) is 10.9 Å². The minimum atomic E-state index is -1.49. The van der Waals surface area contributed by atoms with Crippen molar-refractivity contribution in [2.45, 2.75) is 0 Å². The number of H-pyrrole nitrogens is 1. The lowest BCUT2D eigenvalue weighted by atomic mass is 10.2. The zero-order chi connectivity index (χ0) is 11.9. The van der Waals surface area contributed by atoms with E-state index >= 15 is 0 Å². The summed E-state index contributed by atoms with van der Waals surface area (Å²) in [7, 11) is 1.45. The minimum absolute atomic E-state index is 0.312. The molecule has 1 N–H and O–H groups in total. The van der Waals surface area contributed by atoms with E-state index in [0.717, 1.165) is 4.68 Å². The zero-order valence-corrected chi connectivity index (χ0v) is 9.87. The first-order valence-electron chi connectivity index (χ1n) is 4.43. The van der Waals surface area contributed by atoms with Gasteiger partial charge in [0.2, 0.25) is 0 Å². The largest absolute Gasteiger partial charge is 0.539 e. The molecular formula is C10H7BrN2O3. The van der Waals surface area contributed by atoms with E-state index in [1.165, 1.54) is 7.05 Å². The third-order valence-electron chi connectivity index (χ3n) is 2.26. The molecule has 6 heteroatoms.